The third-order valence-electron chi connectivity index (χ3n) is 4.39. The highest BCUT2D eigenvalue weighted by atomic mass is 16.5. The molecule has 23 heavy (non-hydrogen) atoms. The van der Waals surface area contributed by atoms with Crippen LogP contribution in [0, 0.1) is 11.3 Å². The maximum absolute atomic E-state index is 9.28. The number of rotatable bonds is 5. The number of methoxy groups -OCH3 is 1. The molecule has 1 aliphatic heterocycles. The van der Waals surface area contributed by atoms with Gasteiger partial charge in [0, 0.05) is 6.61 Å². The molecule has 0 saturated heterocycles. The lowest BCUT2D eigenvalue weighted by Crippen LogP contribution is -2.27. The molecule has 0 amide bonds. The quantitative estimate of drug-likeness (QED) is 0.922. The van der Waals surface area contributed by atoms with Gasteiger partial charge in [-0.1, -0.05) is 18.2 Å². The fraction of sp³-hybridized carbons (Fsp3) is 0.316. The van der Waals surface area contributed by atoms with Crippen LogP contribution < -0.4 is 4.74 Å². The lowest BCUT2D eigenvalue weighted by atomic mass is 9.81. The topological polar surface area (TPSA) is 62.5 Å². The summed E-state index contributed by atoms with van der Waals surface area (Å²) in [7, 11) is 1.64. The molecule has 0 spiro atoms. The molecule has 2 aromatic rings. The molecule has 4 heteroatoms. The van der Waals surface area contributed by atoms with Gasteiger partial charge in [-0.25, -0.2) is 0 Å². The maximum atomic E-state index is 9.28. The van der Waals surface area contributed by atoms with Crippen molar-refractivity contribution in [1.29, 1.82) is 5.26 Å². The fourth-order valence-corrected chi connectivity index (χ4v) is 3.23. The molecule has 0 bridgehead atoms. The van der Waals surface area contributed by atoms with Crippen molar-refractivity contribution in [3.05, 3.63) is 64.7 Å². The van der Waals surface area contributed by atoms with E-state index >= 15 is 0 Å². The van der Waals surface area contributed by atoms with E-state index in [1.807, 2.05) is 42.5 Å². The maximum Gasteiger partial charge on any atom is 0.119 e. The van der Waals surface area contributed by atoms with Gasteiger partial charge in [0.2, 0.25) is 0 Å². The van der Waals surface area contributed by atoms with Crippen molar-refractivity contribution in [1.82, 2.24) is 0 Å². The largest absolute Gasteiger partial charge is 0.497 e. The van der Waals surface area contributed by atoms with Crippen LogP contribution in [0.1, 0.15) is 35.1 Å². The van der Waals surface area contributed by atoms with Crippen LogP contribution in [-0.2, 0) is 16.9 Å². The Morgan fingerprint density at radius 1 is 1.26 bits per heavy atom. The predicted octanol–water partition coefficient (Wildman–Crippen LogP) is 3.11. The third kappa shape index (κ3) is 2.70. The van der Waals surface area contributed by atoms with Crippen LogP contribution in [0.4, 0.5) is 0 Å². The Labute approximate surface area is 135 Å². The second-order valence-electron chi connectivity index (χ2n) is 5.66. The van der Waals surface area contributed by atoms with Crippen molar-refractivity contribution >= 4 is 0 Å². The van der Waals surface area contributed by atoms with E-state index in [9.17, 15) is 5.11 Å². The number of nitriles is 1. The van der Waals surface area contributed by atoms with Crippen LogP contribution in [-0.4, -0.2) is 18.8 Å². The number of aliphatic hydroxyl groups is 1. The first-order valence-electron chi connectivity index (χ1n) is 7.66. The number of aliphatic hydroxyl groups excluding tert-OH is 1. The Balaban J connectivity index is 2.07. The number of hydrogen-bond acceptors (Lipinski definition) is 4. The smallest absolute Gasteiger partial charge is 0.119 e. The fourth-order valence-electron chi connectivity index (χ4n) is 3.23. The summed E-state index contributed by atoms with van der Waals surface area (Å²) in [5.74, 6) is 0.795. The average Bonchev–Trinajstić information content (AvgIpc) is 2.99. The van der Waals surface area contributed by atoms with Crippen molar-refractivity contribution < 1.29 is 14.6 Å². The molecule has 0 radical (unpaired) electrons. The SMILES string of the molecule is COc1ccc(C2(CCCO)OCc3cc(C#N)ccc32)cc1. The van der Waals surface area contributed by atoms with Crippen molar-refractivity contribution in [3.8, 4) is 11.8 Å². The van der Waals surface area contributed by atoms with E-state index in [2.05, 4.69) is 6.07 Å². The molecular weight excluding hydrogens is 290 g/mol. The zero-order chi connectivity index (χ0) is 16.3. The zero-order valence-corrected chi connectivity index (χ0v) is 13.1. The van der Waals surface area contributed by atoms with Crippen LogP contribution in [0.2, 0.25) is 0 Å². The molecule has 3 rings (SSSR count). The summed E-state index contributed by atoms with van der Waals surface area (Å²) < 4.78 is 11.4. The van der Waals surface area contributed by atoms with E-state index in [1.165, 1.54) is 0 Å². The van der Waals surface area contributed by atoms with Crippen molar-refractivity contribution in [2.24, 2.45) is 0 Å². The van der Waals surface area contributed by atoms with Crippen LogP contribution >= 0.6 is 0 Å². The molecule has 0 aliphatic carbocycles. The van der Waals surface area contributed by atoms with Gasteiger partial charge in [0.25, 0.3) is 0 Å². The van der Waals surface area contributed by atoms with Gasteiger partial charge < -0.3 is 14.6 Å². The Morgan fingerprint density at radius 3 is 2.70 bits per heavy atom. The highest BCUT2D eigenvalue weighted by Crippen LogP contribution is 2.45. The van der Waals surface area contributed by atoms with Gasteiger partial charge in [-0.2, -0.15) is 5.26 Å². The Morgan fingerprint density at radius 2 is 2.04 bits per heavy atom. The first kappa shape index (κ1) is 15.5. The number of hydrogen-bond donors (Lipinski definition) is 1. The van der Waals surface area contributed by atoms with Crippen LogP contribution in [0.15, 0.2) is 42.5 Å². The second-order valence-corrected chi connectivity index (χ2v) is 5.66. The second kappa shape index (κ2) is 6.41. The zero-order valence-electron chi connectivity index (χ0n) is 13.1. The standard InChI is InChI=1S/C19H19NO3/c1-22-17-6-4-16(5-7-17)19(9-2-10-21)18-8-3-14(12-20)11-15(18)13-23-19/h3-8,11,21H,2,9-10,13H2,1H3. The van der Waals surface area contributed by atoms with E-state index in [-0.39, 0.29) is 6.61 Å². The first-order valence-corrected chi connectivity index (χ1v) is 7.66. The van der Waals surface area contributed by atoms with E-state index in [1.54, 1.807) is 7.11 Å². The number of ether oxygens (including phenoxy) is 2. The summed E-state index contributed by atoms with van der Waals surface area (Å²) >= 11 is 0. The molecule has 1 N–H and O–H groups in total. The van der Waals surface area contributed by atoms with E-state index < -0.39 is 5.60 Å². The Kier molecular flexibility index (Phi) is 4.33. The molecule has 118 valence electrons. The summed E-state index contributed by atoms with van der Waals surface area (Å²) in [5.41, 5.74) is 3.22. The molecule has 2 aromatic carbocycles. The Bertz CT molecular complexity index is 733. The van der Waals surface area contributed by atoms with Gasteiger partial charge in [-0.05, 0) is 53.8 Å². The average molecular weight is 309 g/mol. The molecule has 4 nitrogen and oxygen atoms in total. The highest BCUT2D eigenvalue weighted by Gasteiger charge is 2.41. The van der Waals surface area contributed by atoms with Crippen molar-refractivity contribution in [2.75, 3.05) is 13.7 Å². The minimum Gasteiger partial charge on any atom is -0.497 e. The number of benzene rings is 2. The van der Waals surface area contributed by atoms with Crippen LogP contribution in [0.5, 0.6) is 5.75 Å². The molecule has 0 aromatic heterocycles. The van der Waals surface area contributed by atoms with Crippen molar-refractivity contribution in [2.45, 2.75) is 25.0 Å². The van der Waals surface area contributed by atoms with Crippen LogP contribution in [0.25, 0.3) is 0 Å². The van der Waals surface area contributed by atoms with Gasteiger partial charge in [-0.3, -0.25) is 0 Å². The third-order valence-corrected chi connectivity index (χ3v) is 4.39. The van der Waals surface area contributed by atoms with Gasteiger partial charge >= 0.3 is 0 Å². The normalized spacial score (nSPS) is 19.2. The molecule has 0 fully saturated rings. The molecule has 1 heterocycles. The van der Waals surface area contributed by atoms with E-state index in [4.69, 9.17) is 14.7 Å². The molecule has 1 aliphatic rings. The van der Waals surface area contributed by atoms with Crippen LogP contribution in [0.3, 0.4) is 0 Å². The van der Waals surface area contributed by atoms with Gasteiger partial charge in [0.1, 0.15) is 11.4 Å². The number of fused-ring (bicyclic) bond motifs is 1. The molecular formula is C19H19NO3. The van der Waals surface area contributed by atoms with E-state index in [0.717, 1.165) is 22.4 Å². The van der Waals surface area contributed by atoms with Crippen molar-refractivity contribution in [3.63, 3.8) is 0 Å². The minimum atomic E-state index is -0.571. The summed E-state index contributed by atoms with van der Waals surface area (Å²) in [5, 5.41) is 18.4. The molecule has 1 atom stereocenters. The lowest BCUT2D eigenvalue weighted by Gasteiger charge is -2.30. The molecule has 1 unspecified atom stereocenters. The lowest BCUT2D eigenvalue weighted by molar-refractivity contribution is -0.0156. The summed E-state index contributed by atoms with van der Waals surface area (Å²) in [6, 6.07) is 15.7. The first-order chi connectivity index (χ1) is 11.2. The minimum absolute atomic E-state index is 0.118. The summed E-state index contributed by atoms with van der Waals surface area (Å²) in [6.45, 7) is 0.592. The van der Waals surface area contributed by atoms with Gasteiger partial charge in [0.15, 0.2) is 0 Å². The monoisotopic (exact) mass is 309 g/mol. The van der Waals surface area contributed by atoms with Gasteiger partial charge in [0.05, 0.1) is 25.3 Å². The summed E-state index contributed by atoms with van der Waals surface area (Å²) in [6.07, 6.45) is 1.33. The number of nitrogens with zero attached hydrogens (tertiary/aromatic N) is 1. The summed E-state index contributed by atoms with van der Waals surface area (Å²) in [4.78, 5) is 0. The molecule has 0 saturated carbocycles. The Hall–Kier alpha value is -2.35. The predicted molar refractivity (Wildman–Crippen MR) is 86.0 cm³/mol. The van der Waals surface area contributed by atoms with Gasteiger partial charge in [-0.15, -0.1) is 0 Å². The highest BCUT2D eigenvalue weighted by molar-refractivity contribution is 5.48. The van der Waals surface area contributed by atoms with E-state index in [0.29, 0.717) is 25.0 Å².